The van der Waals surface area contributed by atoms with Crippen LogP contribution < -0.4 is 15.1 Å². The van der Waals surface area contributed by atoms with E-state index in [-0.39, 0.29) is 0 Å². The molecular weight excluding hydrogens is 416 g/mol. The molecule has 0 aliphatic carbocycles. The third-order valence-electron chi connectivity index (χ3n) is 5.66. The molecule has 162 valence electrons. The number of imidazole rings is 1. The molecule has 0 atom stereocenters. The summed E-state index contributed by atoms with van der Waals surface area (Å²) in [5.74, 6) is 1.29. The van der Waals surface area contributed by atoms with Gasteiger partial charge in [0.15, 0.2) is 0 Å². The highest BCUT2D eigenvalue weighted by molar-refractivity contribution is 6.04. The molecule has 33 heavy (non-hydrogen) atoms. The number of nitriles is 1. The standard InChI is InChI=1S/C25H20N6O2/c1-30-21-14-27-20-10-8-16(18-6-4-5-7-22(18)32-2)12-19(20)24(21)31(25(30)29-15-26)17-9-11-23(33-3)28-13-17/h4-14H,1-3H3/b29-25-. The van der Waals surface area contributed by atoms with E-state index in [1.807, 2.05) is 64.8 Å². The van der Waals surface area contributed by atoms with Gasteiger partial charge in [0.1, 0.15) is 5.75 Å². The Morgan fingerprint density at radius 1 is 0.970 bits per heavy atom. The fourth-order valence-corrected chi connectivity index (χ4v) is 4.10. The van der Waals surface area contributed by atoms with Gasteiger partial charge in [0.2, 0.25) is 17.7 Å². The summed E-state index contributed by atoms with van der Waals surface area (Å²) in [6.07, 6.45) is 5.42. The SMILES string of the molecule is COc1ccc(-n2/c(=N\C#N)n(C)c3cnc4ccc(-c5ccccc5OC)cc4c32)cn1. The molecule has 0 bridgehead atoms. The minimum atomic E-state index is 0.469. The maximum atomic E-state index is 9.38. The van der Waals surface area contributed by atoms with Crippen LogP contribution in [0.4, 0.5) is 0 Å². The van der Waals surface area contributed by atoms with Crippen LogP contribution in [0.2, 0.25) is 0 Å². The Hall–Kier alpha value is -4.64. The third kappa shape index (κ3) is 3.27. The van der Waals surface area contributed by atoms with Crippen LogP contribution in [-0.4, -0.2) is 33.3 Å². The van der Waals surface area contributed by atoms with Crippen molar-refractivity contribution in [2.75, 3.05) is 14.2 Å². The van der Waals surface area contributed by atoms with E-state index < -0.39 is 0 Å². The number of ether oxygens (including phenoxy) is 2. The van der Waals surface area contributed by atoms with Gasteiger partial charge in [-0.1, -0.05) is 24.3 Å². The molecule has 0 fully saturated rings. The van der Waals surface area contributed by atoms with E-state index in [2.05, 4.69) is 21.0 Å². The summed E-state index contributed by atoms with van der Waals surface area (Å²) >= 11 is 0. The van der Waals surface area contributed by atoms with Crippen molar-refractivity contribution in [3.05, 3.63) is 72.6 Å². The number of benzene rings is 2. The minimum Gasteiger partial charge on any atom is -0.496 e. The van der Waals surface area contributed by atoms with Gasteiger partial charge in [-0.2, -0.15) is 5.26 Å². The molecule has 0 aliphatic rings. The van der Waals surface area contributed by atoms with Crippen LogP contribution in [0, 0.1) is 11.5 Å². The normalized spacial score (nSPS) is 11.6. The number of fused-ring (bicyclic) bond motifs is 3. The summed E-state index contributed by atoms with van der Waals surface area (Å²) in [7, 11) is 5.10. The molecule has 3 aromatic heterocycles. The van der Waals surface area contributed by atoms with E-state index in [0.717, 1.165) is 44.5 Å². The first-order chi connectivity index (χ1) is 16.2. The van der Waals surface area contributed by atoms with E-state index in [1.165, 1.54) is 0 Å². The fourth-order valence-electron chi connectivity index (χ4n) is 4.10. The van der Waals surface area contributed by atoms with Crippen molar-refractivity contribution in [1.29, 1.82) is 5.26 Å². The summed E-state index contributed by atoms with van der Waals surface area (Å²) in [5, 5.41) is 10.3. The summed E-state index contributed by atoms with van der Waals surface area (Å²) < 4.78 is 14.6. The lowest BCUT2D eigenvalue weighted by Gasteiger charge is -2.11. The van der Waals surface area contributed by atoms with Crippen molar-refractivity contribution >= 4 is 21.9 Å². The largest absolute Gasteiger partial charge is 0.496 e. The van der Waals surface area contributed by atoms with Gasteiger partial charge in [-0.3, -0.25) is 9.55 Å². The smallest absolute Gasteiger partial charge is 0.226 e. The summed E-state index contributed by atoms with van der Waals surface area (Å²) in [6, 6.07) is 17.7. The molecule has 0 amide bonds. The molecule has 0 saturated heterocycles. The first-order valence-corrected chi connectivity index (χ1v) is 10.2. The Balaban J connectivity index is 1.89. The summed E-state index contributed by atoms with van der Waals surface area (Å²) in [6.45, 7) is 0. The van der Waals surface area contributed by atoms with Gasteiger partial charge in [-0.25, -0.2) is 4.98 Å². The van der Waals surface area contributed by atoms with Crippen LogP contribution >= 0.6 is 0 Å². The lowest BCUT2D eigenvalue weighted by atomic mass is 10.0. The summed E-state index contributed by atoms with van der Waals surface area (Å²) in [4.78, 5) is 13.1. The topological polar surface area (TPSA) is 90.2 Å². The molecule has 8 nitrogen and oxygen atoms in total. The molecule has 0 saturated carbocycles. The molecule has 0 unspecified atom stereocenters. The molecule has 8 heteroatoms. The van der Waals surface area contributed by atoms with Crippen LogP contribution in [0.5, 0.6) is 11.6 Å². The van der Waals surface area contributed by atoms with Crippen LogP contribution in [0.15, 0.2) is 72.0 Å². The van der Waals surface area contributed by atoms with E-state index >= 15 is 0 Å². The van der Waals surface area contributed by atoms with E-state index in [0.29, 0.717) is 11.5 Å². The molecule has 0 radical (unpaired) electrons. The number of hydrogen-bond acceptors (Lipinski definition) is 6. The fraction of sp³-hybridized carbons (Fsp3) is 0.120. The van der Waals surface area contributed by atoms with Gasteiger partial charge < -0.3 is 14.0 Å². The Kier molecular flexibility index (Phi) is 4.99. The zero-order valence-corrected chi connectivity index (χ0v) is 18.4. The van der Waals surface area contributed by atoms with Crippen molar-refractivity contribution in [1.82, 2.24) is 19.1 Å². The second-order valence-corrected chi connectivity index (χ2v) is 7.39. The Morgan fingerprint density at radius 2 is 1.82 bits per heavy atom. The number of rotatable bonds is 4. The lowest BCUT2D eigenvalue weighted by molar-refractivity contribution is 0.398. The zero-order valence-electron chi connectivity index (χ0n) is 18.4. The van der Waals surface area contributed by atoms with Crippen LogP contribution in [0.25, 0.3) is 38.8 Å². The maximum Gasteiger partial charge on any atom is 0.226 e. The lowest BCUT2D eigenvalue weighted by Crippen LogP contribution is -2.22. The number of para-hydroxylation sites is 1. The molecule has 2 aromatic carbocycles. The van der Waals surface area contributed by atoms with Crippen LogP contribution in [-0.2, 0) is 7.05 Å². The second-order valence-electron chi connectivity index (χ2n) is 7.39. The van der Waals surface area contributed by atoms with Crippen molar-refractivity contribution in [3.8, 4) is 34.6 Å². The van der Waals surface area contributed by atoms with Gasteiger partial charge in [0.05, 0.1) is 48.9 Å². The van der Waals surface area contributed by atoms with Crippen molar-refractivity contribution in [2.45, 2.75) is 0 Å². The predicted molar refractivity (Wildman–Crippen MR) is 125 cm³/mol. The van der Waals surface area contributed by atoms with Crippen molar-refractivity contribution in [2.24, 2.45) is 12.0 Å². The molecule has 0 spiro atoms. The minimum absolute atomic E-state index is 0.469. The number of nitrogens with zero attached hydrogens (tertiary/aromatic N) is 6. The van der Waals surface area contributed by atoms with E-state index in [4.69, 9.17) is 9.47 Å². The van der Waals surface area contributed by atoms with Crippen molar-refractivity contribution in [3.63, 3.8) is 0 Å². The van der Waals surface area contributed by atoms with Gasteiger partial charge >= 0.3 is 0 Å². The molecule has 0 aliphatic heterocycles. The maximum absolute atomic E-state index is 9.38. The molecular formula is C25H20N6O2. The van der Waals surface area contributed by atoms with Crippen LogP contribution in [0.3, 0.4) is 0 Å². The highest BCUT2D eigenvalue weighted by atomic mass is 16.5. The first kappa shape index (κ1) is 20.3. The van der Waals surface area contributed by atoms with Crippen LogP contribution in [0.1, 0.15) is 0 Å². The number of hydrogen-bond donors (Lipinski definition) is 0. The highest BCUT2D eigenvalue weighted by Gasteiger charge is 2.17. The number of methoxy groups -OCH3 is 2. The molecule has 0 N–H and O–H groups in total. The van der Waals surface area contributed by atoms with E-state index in [1.54, 1.807) is 32.7 Å². The Morgan fingerprint density at radius 3 is 2.55 bits per heavy atom. The van der Waals surface area contributed by atoms with Gasteiger partial charge in [-0.05, 0) is 29.8 Å². The van der Waals surface area contributed by atoms with Gasteiger partial charge in [-0.15, -0.1) is 4.99 Å². The average molecular weight is 436 g/mol. The Bertz CT molecular complexity index is 1610. The highest BCUT2D eigenvalue weighted by Crippen LogP contribution is 2.34. The first-order valence-electron chi connectivity index (χ1n) is 10.2. The molecule has 5 rings (SSSR count). The van der Waals surface area contributed by atoms with Gasteiger partial charge in [0.25, 0.3) is 0 Å². The predicted octanol–water partition coefficient (Wildman–Crippen LogP) is 3.98. The zero-order chi connectivity index (χ0) is 22.9. The summed E-state index contributed by atoms with van der Waals surface area (Å²) in [5.41, 5.74) is 5.74. The monoisotopic (exact) mass is 436 g/mol. The Labute approximate surface area is 189 Å². The number of pyridine rings is 2. The number of aryl methyl sites for hydroxylation is 1. The molecule has 5 aromatic rings. The second kappa shape index (κ2) is 8.13. The quantitative estimate of drug-likeness (QED) is 0.398. The average Bonchev–Trinajstić information content (AvgIpc) is 3.15. The number of aromatic nitrogens is 4. The van der Waals surface area contributed by atoms with Crippen molar-refractivity contribution < 1.29 is 9.47 Å². The van der Waals surface area contributed by atoms with E-state index in [9.17, 15) is 5.26 Å². The molecule has 3 heterocycles. The third-order valence-corrected chi connectivity index (χ3v) is 5.66. The van der Waals surface area contributed by atoms with Gasteiger partial charge in [0, 0.05) is 24.1 Å².